The first-order valence-electron chi connectivity index (χ1n) is 4.72. The van der Waals surface area contributed by atoms with E-state index in [1.165, 1.54) is 6.07 Å². The highest BCUT2D eigenvalue weighted by Crippen LogP contribution is 2.24. The zero-order valence-corrected chi connectivity index (χ0v) is 10.4. The van der Waals surface area contributed by atoms with E-state index in [0.717, 1.165) is 12.8 Å². The molecule has 0 saturated heterocycles. The summed E-state index contributed by atoms with van der Waals surface area (Å²) in [5, 5.41) is 0.519. The monoisotopic (exact) mass is 278 g/mol. The molecule has 1 atom stereocenters. The van der Waals surface area contributed by atoms with E-state index in [9.17, 15) is 4.39 Å². The molecule has 0 heterocycles. The summed E-state index contributed by atoms with van der Waals surface area (Å²) in [7, 11) is 0. The summed E-state index contributed by atoms with van der Waals surface area (Å²) in [6.07, 6.45) is 2.77. The van der Waals surface area contributed by atoms with Gasteiger partial charge in [0.2, 0.25) is 0 Å². The third kappa shape index (κ3) is 3.25. The molecule has 0 saturated carbocycles. The SMILES string of the molecule is CCCC(Br)Cc1c(F)cccc1Cl. The number of hydrogen-bond acceptors (Lipinski definition) is 0. The van der Waals surface area contributed by atoms with Crippen molar-refractivity contribution in [3.63, 3.8) is 0 Å². The zero-order chi connectivity index (χ0) is 10.6. The molecule has 0 radical (unpaired) electrons. The van der Waals surface area contributed by atoms with Gasteiger partial charge in [-0.05, 0) is 25.0 Å². The summed E-state index contributed by atoms with van der Waals surface area (Å²) in [5.74, 6) is -0.210. The van der Waals surface area contributed by atoms with Crippen LogP contribution in [0.5, 0.6) is 0 Å². The van der Waals surface area contributed by atoms with Crippen molar-refractivity contribution in [2.24, 2.45) is 0 Å². The van der Waals surface area contributed by atoms with Crippen molar-refractivity contribution in [3.8, 4) is 0 Å². The second-order valence-electron chi connectivity index (χ2n) is 3.29. The molecule has 0 amide bonds. The second kappa shape index (κ2) is 5.72. The Balaban J connectivity index is 2.75. The molecule has 0 aliphatic rings. The van der Waals surface area contributed by atoms with E-state index >= 15 is 0 Å². The van der Waals surface area contributed by atoms with E-state index in [-0.39, 0.29) is 5.82 Å². The van der Waals surface area contributed by atoms with Gasteiger partial charge < -0.3 is 0 Å². The van der Waals surface area contributed by atoms with Crippen LogP contribution in [0.25, 0.3) is 0 Å². The van der Waals surface area contributed by atoms with Crippen LogP contribution in [0.2, 0.25) is 5.02 Å². The minimum atomic E-state index is -0.210. The van der Waals surface area contributed by atoms with Gasteiger partial charge in [0.1, 0.15) is 5.82 Å². The van der Waals surface area contributed by atoms with Crippen molar-refractivity contribution in [1.29, 1.82) is 0 Å². The molecule has 0 N–H and O–H groups in total. The highest BCUT2D eigenvalue weighted by atomic mass is 79.9. The molecule has 0 nitrogen and oxygen atoms in total. The first-order valence-corrected chi connectivity index (χ1v) is 6.01. The van der Waals surface area contributed by atoms with Gasteiger partial charge >= 0.3 is 0 Å². The van der Waals surface area contributed by atoms with Crippen LogP contribution in [0, 0.1) is 5.82 Å². The topological polar surface area (TPSA) is 0 Å². The van der Waals surface area contributed by atoms with Crippen molar-refractivity contribution >= 4 is 27.5 Å². The Bertz CT molecular complexity index is 281. The van der Waals surface area contributed by atoms with Crippen LogP contribution in [-0.4, -0.2) is 4.83 Å². The van der Waals surface area contributed by atoms with Gasteiger partial charge in [0.25, 0.3) is 0 Å². The fraction of sp³-hybridized carbons (Fsp3) is 0.455. The summed E-state index contributed by atoms with van der Waals surface area (Å²) >= 11 is 9.43. The third-order valence-electron chi connectivity index (χ3n) is 2.09. The molecule has 0 aliphatic carbocycles. The maximum absolute atomic E-state index is 13.3. The van der Waals surface area contributed by atoms with E-state index in [1.807, 2.05) is 0 Å². The predicted molar refractivity (Wildman–Crippen MR) is 62.7 cm³/mol. The number of benzene rings is 1. The quantitative estimate of drug-likeness (QED) is 0.707. The van der Waals surface area contributed by atoms with E-state index in [0.29, 0.717) is 21.8 Å². The highest BCUT2D eigenvalue weighted by molar-refractivity contribution is 9.09. The van der Waals surface area contributed by atoms with Crippen molar-refractivity contribution < 1.29 is 4.39 Å². The lowest BCUT2D eigenvalue weighted by atomic mass is 10.1. The average molecular weight is 280 g/mol. The summed E-state index contributed by atoms with van der Waals surface area (Å²) in [4.78, 5) is 0.307. The Morgan fingerprint density at radius 3 is 2.79 bits per heavy atom. The molecule has 0 fully saturated rings. The maximum Gasteiger partial charge on any atom is 0.127 e. The standard InChI is InChI=1S/C11H13BrClF/c1-2-4-8(12)7-9-10(13)5-3-6-11(9)14/h3,5-6,8H,2,4,7H2,1H3. The Morgan fingerprint density at radius 2 is 2.21 bits per heavy atom. The number of rotatable bonds is 4. The van der Waals surface area contributed by atoms with Crippen molar-refractivity contribution in [2.75, 3.05) is 0 Å². The summed E-state index contributed by atoms with van der Waals surface area (Å²) in [6.45, 7) is 2.11. The van der Waals surface area contributed by atoms with Crippen LogP contribution < -0.4 is 0 Å². The largest absolute Gasteiger partial charge is 0.207 e. The van der Waals surface area contributed by atoms with Crippen molar-refractivity contribution in [3.05, 3.63) is 34.6 Å². The molecule has 1 rings (SSSR count). The van der Waals surface area contributed by atoms with E-state index in [4.69, 9.17) is 11.6 Å². The van der Waals surface area contributed by atoms with Gasteiger partial charge in [-0.15, -0.1) is 0 Å². The molecule has 78 valence electrons. The molecule has 0 spiro atoms. The van der Waals surface area contributed by atoms with Gasteiger partial charge in [0.05, 0.1) is 0 Å². The van der Waals surface area contributed by atoms with E-state index < -0.39 is 0 Å². The first-order chi connectivity index (χ1) is 6.65. The van der Waals surface area contributed by atoms with Crippen LogP contribution in [0.1, 0.15) is 25.3 Å². The second-order valence-corrected chi connectivity index (χ2v) is 4.99. The van der Waals surface area contributed by atoms with Gasteiger partial charge in [-0.3, -0.25) is 0 Å². The fourth-order valence-corrected chi connectivity index (χ4v) is 2.39. The van der Waals surface area contributed by atoms with Crippen LogP contribution in [0.3, 0.4) is 0 Å². The lowest BCUT2D eigenvalue weighted by molar-refractivity contribution is 0.603. The third-order valence-corrected chi connectivity index (χ3v) is 3.22. The van der Waals surface area contributed by atoms with Crippen LogP contribution in [-0.2, 0) is 6.42 Å². The van der Waals surface area contributed by atoms with Crippen LogP contribution >= 0.6 is 27.5 Å². The minimum Gasteiger partial charge on any atom is -0.207 e. The van der Waals surface area contributed by atoms with Crippen molar-refractivity contribution in [1.82, 2.24) is 0 Å². The lowest BCUT2D eigenvalue weighted by Gasteiger charge is -2.10. The highest BCUT2D eigenvalue weighted by Gasteiger charge is 2.11. The van der Waals surface area contributed by atoms with Crippen molar-refractivity contribution in [2.45, 2.75) is 31.0 Å². The predicted octanol–water partition coefficient (Wildman–Crippen LogP) is 4.59. The molecule has 0 bridgehead atoms. The average Bonchev–Trinajstić information content (AvgIpc) is 2.12. The Hall–Kier alpha value is -0.0800. The smallest absolute Gasteiger partial charge is 0.127 e. The molecule has 0 aliphatic heterocycles. The Labute approximate surface area is 97.6 Å². The van der Waals surface area contributed by atoms with Gasteiger partial charge in [-0.2, -0.15) is 0 Å². The van der Waals surface area contributed by atoms with E-state index in [1.54, 1.807) is 12.1 Å². The maximum atomic E-state index is 13.3. The lowest BCUT2D eigenvalue weighted by Crippen LogP contribution is -2.04. The molecule has 0 aromatic heterocycles. The fourth-order valence-electron chi connectivity index (χ4n) is 1.36. The molecule has 1 aromatic rings. The summed E-state index contributed by atoms with van der Waals surface area (Å²) in [5.41, 5.74) is 0.615. The van der Waals surface area contributed by atoms with Gasteiger partial charge in [0.15, 0.2) is 0 Å². The Morgan fingerprint density at radius 1 is 1.50 bits per heavy atom. The molecule has 1 unspecified atom stereocenters. The van der Waals surface area contributed by atoms with Crippen LogP contribution in [0.15, 0.2) is 18.2 Å². The van der Waals surface area contributed by atoms with Gasteiger partial charge in [-0.25, -0.2) is 4.39 Å². The number of halogens is 3. The van der Waals surface area contributed by atoms with Crippen LogP contribution in [0.4, 0.5) is 4.39 Å². The Kier molecular flexibility index (Phi) is 4.90. The number of alkyl halides is 1. The molecule has 3 heteroatoms. The normalized spacial score (nSPS) is 12.9. The molecule has 1 aromatic carbocycles. The summed E-state index contributed by atoms with van der Waals surface area (Å²) in [6, 6.07) is 4.81. The summed E-state index contributed by atoms with van der Waals surface area (Å²) < 4.78 is 13.3. The number of hydrogen-bond donors (Lipinski definition) is 0. The molecular formula is C11H13BrClF. The van der Waals surface area contributed by atoms with E-state index in [2.05, 4.69) is 22.9 Å². The van der Waals surface area contributed by atoms with Gasteiger partial charge in [0, 0.05) is 15.4 Å². The van der Waals surface area contributed by atoms with Gasteiger partial charge in [-0.1, -0.05) is 46.9 Å². The minimum absolute atomic E-state index is 0.210. The zero-order valence-electron chi connectivity index (χ0n) is 8.06. The molecule has 14 heavy (non-hydrogen) atoms. The first kappa shape index (κ1) is 12.0. The molecular weight excluding hydrogens is 266 g/mol.